The maximum Gasteiger partial charge on any atom is 0.338 e. The molecule has 1 rings (SSSR count). The number of carbonyl (C=O) groups excluding carboxylic acids is 1. The normalized spacial score (nSPS) is 10.3. The van der Waals surface area contributed by atoms with Crippen molar-refractivity contribution in [2.75, 3.05) is 6.61 Å². The van der Waals surface area contributed by atoms with Crippen LogP contribution in [0.5, 0.6) is 0 Å². The van der Waals surface area contributed by atoms with Crippen LogP contribution < -0.4 is 0 Å². The molecule has 0 saturated carbocycles. The number of carboxylic acids is 1. The zero-order valence-corrected chi connectivity index (χ0v) is 8.84. The Bertz CT molecular complexity index is 421. The SMILES string of the molecule is CCOC(=O)c1cccc(C=CC(=O)O)c1. The molecule has 0 bridgehead atoms. The van der Waals surface area contributed by atoms with Crippen LogP contribution in [0.1, 0.15) is 22.8 Å². The monoisotopic (exact) mass is 220 g/mol. The van der Waals surface area contributed by atoms with E-state index >= 15 is 0 Å². The quantitative estimate of drug-likeness (QED) is 0.622. The molecule has 0 aliphatic carbocycles. The topological polar surface area (TPSA) is 63.6 Å². The second-order valence-corrected chi connectivity index (χ2v) is 3.02. The van der Waals surface area contributed by atoms with E-state index in [0.717, 1.165) is 6.08 Å². The van der Waals surface area contributed by atoms with Gasteiger partial charge in [-0.25, -0.2) is 9.59 Å². The van der Waals surface area contributed by atoms with E-state index in [1.807, 2.05) is 0 Å². The van der Waals surface area contributed by atoms with Gasteiger partial charge < -0.3 is 9.84 Å². The lowest BCUT2D eigenvalue weighted by atomic mass is 10.1. The Kier molecular flexibility index (Phi) is 4.27. The van der Waals surface area contributed by atoms with Crippen LogP contribution in [0, 0.1) is 0 Å². The second-order valence-electron chi connectivity index (χ2n) is 3.02. The fourth-order valence-electron chi connectivity index (χ4n) is 1.15. The number of hydrogen-bond donors (Lipinski definition) is 1. The minimum atomic E-state index is -1.03. The number of ether oxygens (including phenoxy) is 1. The number of rotatable bonds is 4. The van der Waals surface area contributed by atoms with E-state index in [9.17, 15) is 9.59 Å². The fourth-order valence-corrected chi connectivity index (χ4v) is 1.15. The highest BCUT2D eigenvalue weighted by Gasteiger charge is 2.05. The molecular formula is C12H12O4. The molecule has 0 unspecified atom stereocenters. The lowest BCUT2D eigenvalue weighted by molar-refractivity contribution is -0.131. The van der Waals surface area contributed by atoms with Gasteiger partial charge in [-0.05, 0) is 30.7 Å². The van der Waals surface area contributed by atoms with E-state index in [1.165, 1.54) is 6.08 Å². The smallest absolute Gasteiger partial charge is 0.338 e. The Labute approximate surface area is 93.2 Å². The van der Waals surface area contributed by atoms with Crippen molar-refractivity contribution in [3.05, 3.63) is 41.5 Å². The van der Waals surface area contributed by atoms with E-state index in [-0.39, 0.29) is 0 Å². The number of carboxylic acid groups (broad SMARTS) is 1. The van der Waals surface area contributed by atoms with Gasteiger partial charge in [-0.1, -0.05) is 12.1 Å². The van der Waals surface area contributed by atoms with Gasteiger partial charge in [0.1, 0.15) is 0 Å². The predicted molar refractivity (Wildman–Crippen MR) is 59.1 cm³/mol. The van der Waals surface area contributed by atoms with Gasteiger partial charge in [-0.3, -0.25) is 0 Å². The lowest BCUT2D eigenvalue weighted by Gasteiger charge is -2.02. The molecule has 1 aromatic carbocycles. The molecule has 0 fully saturated rings. The summed E-state index contributed by atoms with van der Waals surface area (Å²) in [7, 11) is 0. The van der Waals surface area contributed by atoms with Crippen molar-refractivity contribution in [3.8, 4) is 0 Å². The molecule has 0 aliphatic rings. The molecule has 0 atom stereocenters. The number of esters is 1. The highest BCUT2D eigenvalue weighted by Crippen LogP contribution is 2.08. The zero-order valence-electron chi connectivity index (χ0n) is 8.84. The van der Waals surface area contributed by atoms with Crippen LogP contribution >= 0.6 is 0 Å². The van der Waals surface area contributed by atoms with Gasteiger partial charge in [0.2, 0.25) is 0 Å². The van der Waals surface area contributed by atoms with E-state index in [4.69, 9.17) is 9.84 Å². The molecular weight excluding hydrogens is 208 g/mol. The maximum absolute atomic E-state index is 11.4. The van der Waals surface area contributed by atoms with Crippen molar-refractivity contribution in [2.24, 2.45) is 0 Å². The highest BCUT2D eigenvalue weighted by molar-refractivity contribution is 5.91. The third-order valence-corrected chi connectivity index (χ3v) is 1.82. The summed E-state index contributed by atoms with van der Waals surface area (Å²) in [6.45, 7) is 2.04. The summed E-state index contributed by atoms with van der Waals surface area (Å²) in [5, 5.41) is 8.46. The number of hydrogen-bond acceptors (Lipinski definition) is 3. The molecule has 16 heavy (non-hydrogen) atoms. The number of benzene rings is 1. The summed E-state index contributed by atoms with van der Waals surface area (Å²) < 4.78 is 4.83. The lowest BCUT2D eigenvalue weighted by Crippen LogP contribution is -2.04. The highest BCUT2D eigenvalue weighted by atomic mass is 16.5. The summed E-state index contributed by atoms with van der Waals surface area (Å²) in [6, 6.07) is 6.59. The van der Waals surface area contributed by atoms with E-state index < -0.39 is 11.9 Å². The van der Waals surface area contributed by atoms with Crippen LogP contribution in [0.15, 0.2) is 30.3 Å². The molecule has 4 heteroatoms. The molecule has 1 N–H and O–H groups in total. The summed E-state index contributed by atoms with van der Waals surface area (Å²) in [5.74, 6) is -1.44. The van der Waals surface area contributed by atoms with Crippen LogP contribution in [0.3, 0.4) is 0 Å². The van der Waals surface area contributed by atoms with E-state index in [1.54, 1.807) is 31.2 Å². The fraction of sp³-hybridized carbons (Fsp3) is 0.167. The Balaban J connectivity index is 2.86. The van der Waals surface area contributed by atoms with Crippen molar-refractivity contribution in [1.29, 1.82) is 0 Å². The molecule has 0 spiro atoms. The second kappa shape index (κ2) is 5.70. The van der Waals surface area contributed by atoms with E-state index in [0.29, 0.717) is 17.7 Å². The summed E-state index contributed by atoms with van der Waals surface area (Å²) in [4.78, 5) is 21.7. The van der Waals surface area contributed by atoms with Gasteiger partial charge in [-0.2, -0.15) is 0 Å². The van der Waals surface area contributed by atoms with Crippen molar-refractivity contribution in [2.45, 2.75) is 6.92 Å². The Morgan fingerprint density at radius 3 is 2.81 bits per heavy atom. The average Bonchev–Trinajstić information content (AvgIpc) is 2.27. The number of aliphatic carboxylic acids is 1. The molecule has 84 valence electrons. The van der Waals surface area contributed by atoms with Crippen molar-refractivity contribution in [1.82, 2.24) is 0 Å². The largest absolute Gasteiger partial charge is 0.478 e. The van der Waals surface area contributed by atoms with Crippen LogP contribution in [0.2, 0.25) is 0 Å². The predicted octanol–water partition coefficient (Wildman–Crippen LogP) is 1.96. The van der Waals surface area contributed by atoms with Gasteiger partial charge in [-0.15, -0.1) is 0 Å². The minimum Gasteiger partial charge on any atom is -0.478 e. The van der Waals surface area contributed by atoms with Crippen molar-refractivity contribution in [3.63, 3.8) is 0 Å². The Morgan fingerprint density at radius 1 is 1.44 bits per heavy atom. The van der Waals surface area contributed by atoms with E-state index in [2.05, 4.69) is 0 Å². The molecule has 0 amide bonds. The van der Waals surface area contributed by atoms with Gasteiger partial charge >= 0.3 is 11.9 Å². The molecule has 4 nitrogen and oxygen atoms in total. The zero-order chi connectivity index (χ0) is 12.0. The summed E-state index contributed by atoms with van der Waals surface area (Å²) >= 11 is 0. The average molecular weight is 220 g/mol. The van der Waals surface area contributed by atoms with Gasteiger partial charge in [0, 0.05) is 6.08 Å². The van der Waals surface area contributed by atoms with Crippen LogP contribution in [-0.2, 0) is 9.53 Å². The van der Waals surface area contributed by atoms with Gasteiger partial charge in [0.05, 0.1) is 12.2 Å². The molecule has 1 aromatic rings. The summed E-state index contributed by atoms with van der Waals surface area (Å²) in [5.41, 5.74) is 1.06. The first-order valence-electron chi connectivity index (χ1n) is 4.81. The van der Waals surface area contributed by atoms with Crippen LogP contribution in [0.25, 0.3) is 6.08 Å². The molecule has 0 radical (unpaired) electrons. The third kappa shape index (κ3) is 3.57. The summed E-state index contributed by atoms with van der Waals surface area (Å²) in [6.07, 6.45) is 2.44. The first-order valence-corrected chi connectivity index (χ1v) is 4.81. The standard InChI is InChI=1S/C12H12O4/c1-2-16-12(15)10-5-3-4-9(8-10)6-7-11(13)14/h3-8H,2H2,1H3,(H,13,14). The molecule has 0 heterocycles. The Morgan fingerprint density at radius 2 is 2.19 bits per heavy atom. The molecule has 0 aliphatic heterocycles. The van der Waals surface area contributed by atoms with Gasteiger partial charge in [0.15, 0.2) is 0 Å². The third-order valence-electron chi connectivity index (χ3n) is 1.82. The number of carbonyl (C=O) groups is 2. The molecule has 0 saturated heterocycles. The van der Waals surface area contributed by atoms with Crippen molar-refractivity contribution < 1.29 is 19.4 Å². The maximum atomic E-state index is 11.4. The minimum absolute atomic E-state index is 0.314. The molecule has 0 aromatic heterocycles. The Hall–Kier alpha value is -2.10. The first-order chi connectivity index (χ1) is 7.63. The van der Waals surface area contributed by atoms with Crippen LogP contribution in [-0.4, -0.2) is 23.7 Å². The van der Waals surface area contributed by atoms with Crippen molar-refractivity contribution >= 4 is 18.0 Å². The van der Waals surface area contributed by atoms with Crippen LogP contribution in [0.4, 0.5) is 0 Å². The first kappa shape index (κ1) is 12.0. The van der Waals surface area contributed by atoms with Gasteiger partial charge in [0.25, 0.3) is 0 Å².